The molecule has 0 atom stereocenters. The van der Waals surface area contributed by atoms with Gasteiger partial charge in [0.25, 0.3) is 5.56 Å². The monoisotopic (exact) mass is 346 g/mol. The Kier molecular flexibility index (Phi) is 3.39. The number of phenols is 2. The van der Waals surface area contributed by atoms with Crippen LogP contribution in [-0.4, -0.2) is 19.8 Å². The van der Waals surface area contributed by atoms with Crippen LogP contribution in [-0.2, 0) is 5.33 Å². The van der Waals surface area contributed by atoms with Gasteiger partial charge >= 0.3 is 0 Å². The van der Waals surface area contributed by atoms with Crippen LogP contribution < -0.4 is 5.56 Å². The zero-order valence-corrected chi connectivity index (χ0v) is 12.4. The fraction of sp³-hybridized carbons (Fsp3) is 0.0667. The Morgan fingerprint density at radius 1 is 1.10 bits per heavy atom. The average Bonchev–Trinajstić information content (AvgIpc) is 2.48. The lowest BCUT2D eigenvalue weighted by molar-refractivity contribution is 0.474. The maximum atomic E-state index is 12.7. The Balaban J connectivity index is 2.32. The molecule has 0 spiro atoms. The normalized spacial score (nSPS) is 10.9. The van der Waals surface area contributed by atoms with Crippen LogP contribution in [0.3, 0.4) is 0 Å². The molecule has 0 amide bonds. The van der Waals surface area contributed by atoms with E-state index in [2.05, 4.69) is 20.9 Å². The number of halogens is 1. The molecule has 1 heterocycles. The van der Waals surface area contributed by atoms with E-state index in [0.717, 1.165) is 0 Å². The summed E-state index contributed by atoms with van der Waals surface area (Å²) in [5.41, 5.74) is 1.51. The van der Waals surface area contributed by atoms with Gasteiger partial charge in [-0.3, -0.25) is 9.36 Å². The Bertz CT molecular complexity index is 872. The second kappa shape index (κ2) is 5.21. The van der Waals surface area contributed by atoms with Crippen molar-refractivity contribution >= 4 is 26.8 Å². The zero-order chi connectivity index (χ0) is 15.0. The smallest absolute Gasteiger partial charge is 0.266 e. The Hall–Kier alpha value is -2.34. The number of benzene rings is 2. The maximum Gasteiger partial charge on any atom is 0.266 e. The van der Waals surface area contributed by atoms with Gasteiger partial charge in [0.15, 0.2) is 0 Å². The molecule has 0 radical (unpaired) electrons. The maximum absolute atomic E-state index is 12.7. The van der Waals surface area contributed by atoms with Gasteiger partial charge in [0, 0.05) is 11.4 Å². The van der Waals surface area contributed by atoms with Gasteiger partial charge in [-0.05, 0) is 35.9 Å². The number of fused-ring (bicyclic) bond motifs is 1. The van der Waals surface area contributed by atoms with Gasteiger partial charge in [0.2, 0.25) is 0 Å². The molecule has 2 aromatic carbocycles. The molecule has 21 heavy (non-hydrogen) atoms. The molecule has 1 aromatic heterocycles. The Labute approximate surface area is 128 Å². The molecule has 0 bridgehead atoms. The SMILES string of the molecule is O=c1c2c(CBr)cc(O)cc2ncn1-c1ccc(O)cc1. The Morgan fingerprint density at radius 3 is 2.48 bits per heavy atom. The molecule has 0 aliphatic heterocycles. The Morgan fingerprint density at radius 2 is 1.81 bits per heavy atom. The van der Waals surface area contributed by atoms with E-state index >= 15 is 0 Å². The number of hydrogen-bond donors (Lipinski definition) is 2. The first-order chi connectivity index (χ1) is 10.1. The number of phenolic OH excluding ortho intramolecular Hbond substituents is 2. The summed E-state index contributed by atoms with van der Waals surface area (Å²) in [6.45, 7) is 0. The van der Waals surface area contributed by atoms with Crippen LogP contribution in [0.1, 0.15) is 5.56 Å². The van der Waals surface area contributed by atoms with E-state index < -0.39 is 0 Å². The zero-order valence-electron chi connectivity index (χ0n) is 10.8. The van der Waals surface area contributed by atoms with Crippen molar-refractivity contribution in [2.24, 2.45) is 0 Å². The molecule has 6 heteroatoms. The molecule has 0 aliphatic rings. The summed E-state index contributed by atoms with van der Waals surface area (Å²) >= 11 is 3.32. The van der Waals surface area contributed by atoms with Crippen molar-refractivity contribution in [3.63, 3.8) is 0 Å². The largest absolute Gasteiger partial charge is 0.508 e. The number of rotatable bonds is 2. The van der Waals surface area contributed by atoms with Crippen molar-refractivity contribution in [2.45, 2.75) is 5.33 Å². The van der Waals surface area contributed by atoms with Gasteiger partial charge in [-0.1, -0.05) is 15.9 Å². The van der Waals surface area contributed by atoms with E-state index in [1.165, 1.54) is 29.1 Å². The molecule has 0 fully saturated rings. The molecule has 5 nitrogen and oxygen atoms in total. The van der Waals surface area contributed by atoms with Crippen molar-refractivity contribution in [1.82, 2.24) is 9.55 Å². The van der Waals surface area contributed by atoms with E-state index in [9.17, 15) is 15.0 Å². The minimum absolute atomic E-state index is 0.0752. The van der Waals surface area contributed by atoms with Crippen LogP contribution in [0.25, 0.3) is 16.6 Å². The third-order valence-corrected chi connectivity index (χ3v) is 3.80. The highest BCUT2D eigenvalue weighted by Crippen LogP contribution is 2.23. The summed E-state index contributed by atoms with van der Waals surface area (Å²) in [6.07, 6.45) is 1.41. The van der Waals surface area contributed by atoms with Crippen LogP contribution in [0.5, 0.6) is 11.5 Å². The topological polar surface area (TPSA) is 75.3 Å². The third-order valence-electron chi connectivity index (χ3n) is 3.20. The second-order valence-corrected chi connectivity index (χ2v) is 5.13. The molecule has 0 saturated carbocycles. The molecule has 3 rings (SSSR count). The van der Waals surface area contributed by atoms with Crippen molar-refractivity contribution in [1.29, 1.82) is 0 Å². The van der Waals surface area contributed by atoms with Crippen molar-refractivity contribution in [2.75, 3.05) is 0 Å². The van der Waals surface area contributed by atoms with Gasteiger partial charge in [-0.2, -0.15) is 0 Å². The first-order valence-electron chi connectivity index (χ1n) is 6.19. The number of hydrogen-bond acceptors (Lipinski definition) is 4. The highest BCUT2D eigenvalue weighted by molar-refractivity contribution is 9.08. The summed E-state index contributed by atoms with van der Waals surface area (Å²) in [7, 11) is 0. The summed E-state index contributed by atoms with van der Waals surface area (Å²) in [5.74, 6) is 0.206. The molecule has 0 aliphatic carbocycles. The van der Waals surface area contributed by atoms with E-state index in [4.69, 9.17) is 0 Å². The van der Waals surface area contributed by atoms with Crippen LogP contribution >= 0.6 is 15.9 Å². The predicted molar refractivity (Wildman–Crippen MR) is 83.3 cm³/mol. The standard InChI is InChI=1S/C15H11BrN2O3/c16-7-9-5-12(20)6-13-14(9)15(21)18(8-17-13)10-1-3-11(19)4-2-10/h1-6,8,19-20H,7H2. The van der Waals surface area contributed by atoms with E-state index in [0.29, 0.717) is 27.5 Å². The molecule has 3 aromatic rings. The molecule has 2 N–H and O–H groups in total. The lowest BCUT2D eigenvalue weighted by Gasteiger charge is -2.09. The molecule has 0 unspecified atom stereocenters. The predicted octanol–water partition coefficient (Wildman–Crippen LogP) is 2.69. The molecular weight excluding hydrogens is 336 g/mol. The quantitative estimate of drug-likeness (QED) is 0.699. The average molecular weight is 347 g/mol. The highest BCUT2D eigenvalue weighted by atomic mass is 79.9. The van der Waals surface area contributed by atoms with Gasteiger partial charge in [0.1, 0.15) is 17.8 Å². The van der Waals surface area contributed by atoms with E-state index in [1.54, 1.807) is 18.2 Å². The van der Waals surface area contributed by atoms with Crippen LogP contribution in [0, 0.1) is 0 Å². The van der Waals surface area contributed by atoms with E-state index in [-0.39, 0.29) is 17.1 Å². The first-order valence-corrected chi connectivity index (χ1v) is 7.31. The minimum Gasteiger partial charge on any atom is -0.508 e. The van der Waals surface area contributed by atoms with Gasteiger partial charge < -0.3 is 10.2 Å². The van der Waals surface area contributed by atoms with E-state index in [1.807, 2.05) is 0 Å². The van der Waals surface area contributed by atoms with Gasteiger partial charge in [-0.25, -0.2) is 4.98 Å². The molecule has 0 saturated heterocycles. The molecule has 106 valence electrons. The van der Waals surface area contributed by atoms with Crippen molar-refractivity contribution < 1.29 is 10.2 Å². The number of aromatic hydroxyl groups is 2. The molecular formula is C15H11BrN2O3. The lowest BCUT2D eigenvalue weighted by atomic mass is 10.1. The van der Waals surface area contributed by atoms with Gasteiger partial charge in [-0.15, -0.1) is 0 Å². The minimum atomic E-state index is -0.222. The van der Waals surface area contributed by atoms with Crippen LogP contribution in [0.15, 0.2) is 47.5 Å². The third kappa shape index (κ3) is 2.38. The summed E-state index contributed by atoms with van der Waals surface area (Å²) in [5, 5.41) is 19.9. The van der Waals surface area contributed by atoms with Crippen LogP contribution in [0.4, 0.5) is 0 Å². The van der Waals surface area contributed by atoms with Crippen molar-refractivity contribution in [3.8, 4) is 17.2 Å². The fourth-order valence-electron chi connectivity index (χ4n) is 2.21. The first kappa shape index (κ1) is 13.6. The highest BCUT2D eigenvalue weighted by Gasteiger charge is 2.11. The van der Waals surface area contributed by atoms with Crippen molar-refractivity contribution in [3.05, 3.63) is 58.6 Å². The summed E-state index contributed by atoms with van der Waals surface area (Å²) in [6, 6.07) is 9.30. The number of alkyl halides is 1. The number of nitrogens with zero attached hydrogens (tertiary/aromatic N) is 2. The second-order valence-electron chi connectivity index (χ2n) is 4.57. The summed E-state index contributed by atoms with van der Waals surface area (Å²) < 4.78 is 1.41. The van der Waals surface area contributed by atoms with Crippen LogP contribution in [0.2, 0.25) is 0 Å². The lowest BCUT2D eigenvalue weighted by Crippen LogP contribution is -2.19. The van der Waals surface area contributed by atoms with Gasteiger partial charge in [0.05, 0.1) is 16.6 Å². The number of aromatic nitrogens is 2. The summed E-state index contributed by atoms with van der Waals surface area (Å²) in [4.78, 5) is 16.9. The fourth-order valence-corrected chi connectivity index (χ4v) is 2.66.